The maximum atomic E-state index is 12.9. The number of nitrogens with zero attached hydrogens (tertiary/aromatic N) is 1. The van der Waals surface area contributed by atoms with E-state index in [4.69, 9.17) is 14.3 Å². The summed E-state index contributed by atoms with van der Waals surface area (Å²) < 4.78 is 10.9. The van der Waals surface area contributed by atoms with Gasteiger partial charge in [0, 0.05) is 14.2 Å². The van der Waals surface area contributed by atoms with E-state index in [2.05, 4.69) is 0 Å². The second-order valence-electron chi connectivity index (χ2n) is 5.75. The second kappa shape index (κ2) is 6.88. The number of hydrogen-bond donors (Lipinski definition) is 1. The molecular formula is C18H21NO5. The average Bonchev–Trinajstić information content (AvgIpc) is 2.94. The zero-order valence-electron chi connectivity index (χ0n) is 14.2. The van der Waals surface area contributed by atoms with Gasteiger partial charge >= 0.3 is 5.97 Å². The van der Waals surface area contributed by atoms with Gasteiger partial charge in [-0.3, -0.25) is 4.79 Å². The lowest BCUT2D eigenvalue weighted by Gasteiger charge is -2.31. The molecule has 0 saturated carbocycles. The van der Waals surface area contributed by atoms with Crippen LogP contribution in [0.4, 0.5) is 0 Å². The minimum absolute atomic E-state index is 0.100. The lowest BCUT2D eigenvalue weighted by molar-refractivity contribution is -0.153. The topological polar surface area (TPSA) is 80.0 Å². The van der Waals surface area contributed by atoms with Crippen molar-refractivity contribution >= 4 is 11.9 Å². The van der Waals surface area contributed by atoms with Gasteiger partial charge in [0.1, 0.15) is 17.1 Å². The van der Waals surface area contributed by atoms with Gasteiger partial charge < -0.3 is 19.2 Å². The molecule has 1 aromatic carbocycles. The molecule has 0 aliphatic heterocycles. The van der Waals surface area contributed by atoms with Crippen LogP contribution in [-0.2, 0) is 21.7 Å². The summed E-state index contributed by atoms with van der Waals surface area (Å²) in [5.41, 5.74) is -0.289. The van der Waals surface area contributed by atoms with Gasteiger partial charge in [0.15, 0.2) is 5.60 Å². The fraction of sp³-hybridized carbons (Fsp3) is 0.333. The van der Waals surface area contributed by atoms with Crippen LogP contribution >= 0.6 is 0 Å². The van der Waals surface area contributed by atoms with Gasteiger partial charge in [0.25, 0.3) is 5.91 Å². The average molecular weight is 331 g/mol. The van der Waals surface area contributed by atoms with Crippen molar-refractivity contribution in [2.45, 2.75) is 26.0 Å². The van der Waals surface area contributed by atoms with Crippen LogP contribution in [0.1, 0.15) is 34.4 Å². The van der Waals surface area contributed by atoms with Gasteiger partial charge in [-0.05, 0) is 25.5 Å². The number of methoxy groups -OCH3 is 1. The molecular weight excluding hydrogens is 310 g/mol. The number of carboxylic acid groups (broad SMARTS) is 1. The maximum absolute atomic E-state index is 12.9. The van der Waals surface area contributed by atoms with Crippen LogP contribution in [0.15, 0.2) is 40.8 Å². The van der Waals surface area contributed by atoms with Crippen LogP contribution < -0.4 is 0 Å². The number of aryl methyl sites for hydroxylation is 1. The normalized spacial score (nSPS) is 13.3. The SMILES string of the molecule is COC(C)(C(=O)N(C)Cc1cc(C(=O)O)c(C)o1)c1ccccc1. The van der Waals surface area contributed by atoms with Gasteiger partial charge in [-0.1, -0.05) is 30.3 Å². The Bertz CT molecular complexity index is 737. The fourth-order valence-corrected chi connectivity index (χ4v) is 2.59. The van der Waals surface area contributed by atoms with Gasteiger partial charge in [-0.2, -0.15) is 0 Å². The molecule has 24 heavy (non-hydrogen) atoms. The Morgan fingerprint density at radius 1 is 1.29 bits per heavy atom. The molecule has 2 aromatic rings. The first kappa shape index (κ1) is 17.7. The molecule has 0 fully saturated rings. The summed E-state index contributed by atoms with van der Waals surface area (Å²) in [7, 11) is 3.11. The molecule has 1 amide bonds. The van der Waals surface area contributed by atoms with Crippen molar-refractivity contribution in [3.63, 3.8) is 0 Å². The van der Waals surface area contributed by atoms with Crippen molar-refractivity contribution in [2.24, 2.45) is 0 Å². The van der Waals surface area contributed by atoms with E-state index in [1.165, 1.54) is 18.1 Å². The van der Waals surface area contributed by atoms with Crippen molar-refractivity contribution in [3.8, 4) is 0 Å². The van der Waals surface area contributed by atoms with Crippen LogP contribution in [0.25, 0.3) is 0 Å². The van der Waals surface area contributed by atoms with Crippen LogP contribution in [0.5, 0.6) is 0 Å². The van der Waals surface area contributed by atoms with Gasteiger partial charge in [-0.25, -0.2) is 4.79 Å². The Kier molecular flexibility index (Phi) is 5.09. The zero-order valence-corrected chi connectivity index (χ0v) is 14.2. The minimum Gasteiger partial charge on any atom is -0.478 e. The lowest BCUT2D eigenvalue weighted by Crippen LogP contribution is -2.44. The Balaban J connectivity index is 2.22. The summed E-state index contributed by atoms with van der Waals surface area (Å²) in [5, 5.41) is 9.08. The summed E-state index contributed by atoms with van der Waals surface area (Å²) in [5.74, 6) is -0.576. The van der Waals surface area contributed by atoms with Crippen molar-refractivity contribution in [2.75, 3.05) is 14.2 Å². The molecule has 0 saturated heterocycles. The van der Waals surface area contributed by atoms with Crippen molar-refractivity contribution in [3.05, 3.63) is 59.0 Å². The Morgan fingerprint density at radius 3 is 2.42 bits per heavy atom. The van der Waals surface area contributed by atoms with E-state index < -0.39 is 11.6 Å². The molecule has 0 bridgehead atoms. The molecule has 1 aromatic heterocycles. The third-order valence-corrected chi connectivity index (χ3v) is 4.08. The highest BCUT2D eigenvalue weighted by Gasteiger charge is 2.37. The summed E-state index contributed by atoms with van der Waals surface area (Å²) in [6.45, 7) is 3.44. The molecule has 0 spiro atoms. The fourth-order valence-electron chi connectivity index (χ4n) is 2.59. The molecule has 2 rings (SSSR count). The van der Waals surface area contributed by atoms with E-state index >= 15 is 0 Å². The number of carbonyl (C=O) groups is 2. The number of amides is 1. The number of carbonyl (C=O) groups excluding carboxylic acids is 1. The Labute approximate surface area is 140 Å². The third kappa shape index (κ3) is 3.33. The third-order valence-electron chi connectivity index (χ3n) is 4.08. The standard InChI is InChI=1S/C18H21NO5/c1-12-15(16(20)21)10-14(24-12)11-19(3)17(22)18(2,23-4)13-8-6-5-7-9-13/h5-10H,11H2,1-4H3,(H,20,21). The number of ether oxygens (including phenoxy) is 1. The predicted octanol–water partition coefficient (Wildman–Crippen LogP) is 2.81. The monoisotopic (exact) mass is 331 g/mol. The summed E-state index contributed by atoms with van der Waals surface area (Å²) in [6, 6.07) is 10.6. The first-order valence-corrected chi connectivity index (χ1v) is 7.48. The van der Waals surface area contributed by atoms with Gasteiger partial charge in [-0.15, -0.1) is 0 Å². The molecule has 1 N–H and O–H groups in total. The molecule has 1 unspecified atom stereocenters. The van der Waals surface area contributed by atoms with Crippen LogP contribution in [0, 0.1) is 6.92 Å². The number of rotatable bonds is 6. The number of likely N-dealkylation sites (N-methyl/N-ethyl adjacent to an activating group) is 1. The highest BCUT2D eigenvalue weighted by atomic mass is 16.5. The quantitative estimate of drug-likeness (QED) is 0.880. The molecule has 6 nitrogen and oxygen atoms in total. The number of furan rings is 1. The highest BCUT2D eigenvalue weighted by Crippen LogP contribution is 2.27. The van der Waals surface area contributed by atoms with Crippen molar-refractivity contribution in [1.82, 2.24) is 4.90 Å². The number of carboxylic acids is 1. The minimum atomic E-state index is -1.13. The van der Waals surface area contributed by atoms with E-state index in [1.807, 2.05) is 30.3 Å². The van der Waals surface area contributed by atoms with E-state index in [1.54, 1.807) is 20.9 Å². The Hall–Kier alpha value is -2.60. The molecule has 1 atom stereocenters. The number of aromatic carboxylic acids is 1. The second-order valence-corrected chi connectivity index (χ2v) is 5.75. The predicted molar refractivity (Wildman–Crippen MR) is 87.7 cm³/mol. The van der Waals surface area contributed by atoms with Crippen molar-refractivity contribution in [1.29, 1.82) is 0 Å². The molecule has 128 valence electrons. The highest BCUT2D eigenvalue weighted by molar-refractivity contribution is 5.89. The van der Waals surface area contributed by atoms with E-state index in [0.29, 0.717) is 11.5 Å². The molecule has 0 aliphatic rings. The first-order valence-electron chi connectivity index (χ1n) is 7.48. The number of benzene rings is 1. The first-order chi connectivity index (χ1) is 11.3. The van der Waals surface area contributed by atoms with Crippen LogP contribution in [0.3, 0.4) is 0 Å². The largest absolute Gasteiger partial charge is 0.478 e. The van der Waals surface area contributed by atoms with Crippen molar-refractivity contribution < 1.29 is 23.8 Å². The van der Waals surface area contributed by atoms with E-state index in [0.717, 1.165) is 5.56 Å². The smallest absolute Gasteiger partial charge is 0.339 e. The molecule has 6 heteroatoms. The molecule has 0 aliphatic carbocycles. The molecule has 1 heterocycles. The van der Waals surface area contributed by atoms with Crippen LogP contribution in [0.2, 0.25) is 0 Å². The molecule has 0 radical (unpaired) electrons. The summed E-state index contributed by atoms with van der Waals surface area (Å²) >= 11 is 0. The van der Waals surface area contributed by atoms with E-state index in [9.17, 15) is 9.59 Å². The number of hydrogen-bond acceptors (Lipinski definition) is 4. The van der Waals surface area contributed by atoms with Gasteiger partial charge in [0.2, 0.25) is 0 Å². The van der Waals surface area contributed by atoms with Crippen LogP contribution in [-0.4, -0.2) is 36.0 Å². The Morgan fingerprint density at radius 2 is 1.92 bits per heavy atom. The maximum Gasteiger partial charge on any atom is 0.339 e. The van der Waals surface area contributed by atoms with Gasteiger partial charge in [0.05, 0.1) is 6.54 Å². The summed E-state index contributed by atoms with van der Waals surface area (Å²) in [6.07, 6.45) is 0. The summed E-state index contributed by atoms with van der Waals surface area (Å²) in [4.78, 5) is 25.4. The lowest BCUT2D eigenvalue weighted by atomic mass is 9.94. The van der Waals surface area contributed by atoms with E-state index in [-0.39, 0.29) is 18.0 Å². The zero-order chi connectivity index (χ0) is 17.9.